The maximum Gasteiger partial charge on any atom is 0.0371 e. The summed E-state index contributed by atoms with van der Waals surface area (Å²) in [5.74, 6) is 0. The molecule has 0 unspecified atom stereocenters. The van der Waals surface area contributed by atoms with E-state index in [1.54, 1.807) is 0 Å². The Morgan fingerprint density at radius 3 is 1.67 bits per heavy atom. The van der Waals surface area contributed by atoms with Crippen molar-refractivity contribution in [2.24, 2.45) is 0 Å². The van der Waals surface area contributed by atoms with E-state index in [4.69, 9.17) is 0 Å². The highest BCUT2D eigenvalue weighted by molar-refractivity contribution is 5.50. The molecule has 3 rings (SSSR count). The highest BCUT2D eigenvalue weighted by atomic mass is 15.2. The summed E-state index contributed by atoms with van der Waals surface area (Å²) in [6.45, 7) is 2.18. The maximum atomic E-state index is 2.78. The first-order valence-corrected chi connectivity index (χ1v) is 7.69. The van der Waals surface area contributed by atoms with E-state index in [-0.39, 0.29) is 0 Å². The molecule has 2 aliphatic carbocycles. The fourth-order valence-electron chi connectivity index (χ4n) is 3.80. The molecule has 2 fully saturated rings. The molecule has 1 heteroatoms. The summed E-state index contributed by atoms with van der Waals surface area (Å²) in [4.78, 5) is 2.78. The van der Waals surface area contributed by atoms with Crippen molar-refractivity contribution in [2.75, 3.05) is 4.90 Å². The first-order valence-electron chi connectivity index (χ1n) is 7.69. The molecule has 0 heterocycles. The van der Waals surface area contributed by atoms with Crippen LogP contribution < -0.4 is 4.90 Å². The van der Waals surface area contributed by atoms with Crippen molar-refractivity contribution in [3.63, 3.8) is 0 Å². The van der Waals surface area contributed by atoms with Crippen molar-refractivity contribution in [1.82, 2.24) is 0 Å². The molecule has 0 atom stereocenters. The third kappa shape index (κ3) is 2.41. The van der Waals surface area contributed by atoms with Crippen LogP contribution in [0.5, 0.6) is 0 Å². The van der Waals surface area contributed by atoms with Crippen molar-refractivity contribution in [3.05, 3.63) is 29.8 Å². The second kappa shape index (κ2) is 5.34. The smallest absolute Gasteiger partial charge is 0.0371 e. The van der Waals surface area contributed by atoms with Crippen molar-refractivity contribution >= 4 is 5.69 Å². The summed E-state index contributed by atoms with van der Waals surface area (Å²) < 4.78 is 0. The standard InChI is InChI=1S/C17H25N/c1-14-10-12-17(13-11-14)18(15-6-2-3-7-15)16-8-4-5-9-16/h10-13,15-16H,2-9H2,1H3. The lowest BCUT2D eigenvalue weighted by Gasteiger charge is -2.37. The van der Waals surface area contributed by atoms with Gasteiger partial charge in [-0.3, -0.25) is 0 Å². The van der Waals surface area contributed by atoms with E-state index >= 15 is 0 Å². The molecule has 2 saturated carbocycles. The third-order valence-electron chi connectivity index (χ3n) is 4.77. The molecular formula is C17H25N. The molecule has 18 heavy (non-hydrogen) atoms. The summed E-state index contributed by atoms with van der Waals surface area (Å²) in [5, 5.41) is 0. The molecule has 0 spiro atoms. The molecule has 0 bridgehead atoms. The number of hydrogen-bond donors (Lipinski definition) is 0. The van der Waals surface area contributed by atoms with Crippen molar-refractivity contribution < 1.29 is 0 Å². The number of rotatable bonds is 3. The van der Waals surface area contributed by atoms with Crippen LogP contribution in [0.1, 0.15) is 56.9 Å². The molecule has 0 radical (unpaired) electrons. The predicted molar refractivity (Wildman–Crippen MR) is 78.2 cm³/mol. The highest BCUT2D eigenvalue weighted by Crippen LogP contribution is 2.35. The fourth-order valence-corrected chi connectivity index (χ4v) is 3.80. The fraction of sp³-hybridized carbons (Fsp3) is 0.647. The molecule has 2 aliphatic rings. The van der Waals surface area contributed by atoms with Gasteiger partial charge < -0.3 is 4.90 Å². The van der Waals surface area contributed by atoms with Gasteiger partial charge in [0.2, 0.25) is 0 Å². The zero-order valence-corrected chi connectivity index (χ0v) is 11.6. The Hall–Kier alpha value is -0.980. The van der Waals surface area contributed by atoms with Crippen LogP contribution in [0.4, 0.5) is 5.69 Å². The number of anilines is 1. The summed E-state index contributed by atoms with van der Waals surface area (Å²) in [6, 6.07) is 10.8. The zero-order chi connectivity index (χ0) is 12.4. The minimum absolute atomic E-state index is 0.816. The molecule has 0 amide bonds. The van der Waals surface area contributed by atoms with Gasteiger partial charge in [0.05, 0.1) is 0 Å². The van der Waals surface area contributed by atoms with E-state index in [9.17, 15) is 0 Å². The third-order valence-corrected chi connectivity index (χ3v) is 4.77. The van der Waals surface area contributed by atoms with Crippen molar-refractivity contribution in [1.29, 1.82) is 0 Å². The van der Waals surface area contributed by atoms with Crippen LogP contribution in [-0.4, -0.2) is 12.1 Å². The average Bonchev–Trinajstić information content (AvgIpc) is 3.06. The first kappa shape index (κ1) is 12.1. The van der Waals surface area contributed by atoms with Crippen LogP contribution in [0.25, 0.3) is 0 Å². The van der Waals surface area contributed by atoms with Crippen LogP contribution in [0.2, 0.25) is 0 Å². The maximum absolute atomic E-state index is 2.78. The van der Waals surface area contributed by atoms with Gasteiger partial charge in [-0.1, -0.05) is 43.4 Å². The largest absolute Gasteiger partial charge is 0.366 e. The topological polar surface area (TPSA) is 3.24 Å². The van der Waals surface area contributed by atoms with E-state index < -0.39 is 0 Å². The average molecular weight is 243 g/mol. The Kier molecular flexibility index (Phi) is 3.58. The Morgan fingerprint density at radius 1 is 0.778 bits per heavy atom. The van der Waals surface area contributed by atoms with Gasteiger partial charge in [-0.2, -0.15) is 0 Å². The molecule has 0 N–H and O–H groups in total. The lowest BCUT2D eigenvalue weighted by atomic mass is 10.1. The van der Waals surface area contributed by atoms with Gasteiger partial charge >= 0.3 is 0 Å². The molecule has 0 aromatic heterocycles. The minimum atomic E-state index is 0.816. The SMILES string of the molecule is Cc1ccc(N(C2CCCC2)C2CCCC2)cc1. The van der Waals surface area contributed by atoms with Crippen LogP contribution in [0.3, 0.4) is 0 Å². The second-order valence-corrected chi connectivity index (χ2v) is 6.12. The number of benzene rings is 1. The van der Waals surface area contributed by atoms with E-state index in [2.05, 4.69) is 36.1 Å². The molecule has 1 nitrogen and oxygen atoms in total. The van der Waals surface area contributed by atoms with Gasteiger partial charge in [0.25, 0.3) is 0 Å². The van der Waals surface area contributed by atoms with Gasteiger partial charge in [0, 0.05) is 17.8 Å². The van der Waals surface area contributed by atoms with Crippen molar-refractivity contribution in [3.8, 4) is 0 Å². The molecule has 0 saturated heterocycles. The summed E-state index contributed by atoms with van der Waals surface area (Å²) in [5.41, 5.74) is 2.84. The Labute approximate surface area is 111 Å². The number of hydrogen-bond acceptors (Lipinski definition) is 1. The van der Waals surface area contributed by atoms with Crippen LogP contribution in [0.15, 0.2) is 24.3 Å². The number of aryl methyl sites for hydroxylation is 1. The predicted octanol–water partition coefficient (Wildman–Crippen LogP) is 4.69. The van der Waals surface area contributed by atoms with Crippen LogP contribution in [-0.2, 0) is 0 Å². The second-order valence-electron chi connectivity index (χ2n) is 6.12. The Bertz CT molecular complexity index is 353. The number of nitrogens with zero attached hydrogens (tertiary/aromatic N) is 1. The molecule has 98 valence electrons. The lowest BCUT2D eigenvalue weighted by Crippen LogP contribution is -2.40. The molecule has 1 aromatic carbocycles. The monoisotopic (exact) mass is 243 g/mol. The molecule has 1 aromatic rings. The molecule has 0 aliphatic heterocycles. The van der Waals surface area contributed by atoms with E-state index in [0.717, 1.165) is 12.1 Å². The molecular weight excluding hydrogens is 218 g/mol. The minimum Gasteiger partial charge on any atom is -0.366 e. The van der Waals surface area contributed by atoms with E-state index in [1.807, 2.05) is 0 Å². The van der Waals surface area contributed by atoms with Gasteiger partial charge in [-0.05, 0) is 44.7 Å². The first-order chi connectivity index (χ1) is 8.84. The van der Waals surface area contributed by atoms with E-state index in [0.29, 0.717) is 0 Å². The van der Waals surface area contributed by atoms with Crippen molar-refractivity contribution in [2.45, 2.75) is 70.4 Å². The summed E-state index contributed by atoms with van der Waals surface area (Å²) in [6.07, 6.45) is 11.3. The highest BCUT2D eigenvalue weighted by Gasteiger charge is 2.30. The normalized spacial score (nSPS) is 21.6. The Morgan fingerprint density at radius 2 is 1.22 bits per heavy atom. The van der Waals surface area contributed by atoms with Crippen LogP contribution in [0, 0.1) is 6.92 Å². The van der Waals surface area contributed by atoms with Gasteiger partial charge in [-0.25, -0.2) is 0 Å². The summed E-state index contributed by atoms with van der Waals surface area (Å²) >= 11 is 0. The van der Waals surface area contributed by atoms with Gasteiger partial charge in [0.1, 0.15) is 0 Å². The zero-order valence-electron chi connectivity index (χ0n) is 11.6. The Balaban J connectivity index is 1.85. The van der Waals surface area contributed by atoms with Crippen LogP contribution >= 0.6 is 0 Å². The quantitative estimate of drug-likeness (QED) is 0.744. The van der Waals surface area contributed by atoms with Gasteiger partial charge in [0.15, 0.2) is 0 Å². The summed E-state index contributed by atoms with van der Waals surface area (Å²) in [7, 11) is 0. The van der Waals surface area contributed by atoms with E-state index in [1.165, 1.54) is 62.6 Å². The lowest BCUT2D eigenvalue weighted by molar-refractivity contribution is 0.513. The van der Waals surface area contributed by atoms with Gasteiger partial charge in [-0.15, -0.1) is 0 Å².